The number of esters is 1. The smallest absolute Gasteiger partial charge is 0.309 e. The third kappa shape index (κ3) is 4.82. The van der Waals surface area contributed by atoms with Crippen molar-refractivity contribution in [2.75, 3.05) is 19.7 Å². The van der Waals surface area contributed by atoms with Gasteiger partial charge in [-0.2, -0.15) is 0 Å². The fraction of sp³-hybridized carbons (Fsp3) is 0.375. The molecule has 4 rings (SSSR count). The number of fused-ring (bicyclic) bond motifs is 1. The van der Waals surface area contributed by atoms with Crippen LogP contribution in [-0.4, -0.2) is 40.1 Å². The van der Waals surface area contributed by atoms with Crippen molar-refractivity contribution in [2.45, 2.75) is 32.9 Å². The third-order valence-corrected chi connectivity index (χ3v) is 5.82. The fourth-order valence-electron chi connectivity index (χ4n) is 4.17. The summed E-state index contributed by atoms with van der Waals surface area (Å²) in [5.74, 6) is -0.571. The Balaban J connectivity index is 1.60. The van der Waals surface area contributed by atoms with E-state index in [9.17, 15) is 14.0 Å². The van der Waals surface area contributed by atoms with Gasteiger partial charge in [0, 0.05) is 24.5 Å². The zero-order chi connectivity index (χ0) is 21.8. The first-order chi connectivity index (χ1) is 15.0. The standard InChI is InChI=1S/C24H26FN3O3/c1-2-31-24(30)18-7-11-27(12-8-18)16-20-13-19-3-4-21(25)14-22(19)28(23(20)29)15-17-5-9-26-10-6-17/h3-6,9-10,13-14,18H,2,7-8,11-12,15-16H2,1H3. The fourth-order valence-corrected chi connectivity index (χ4v) is 4.17. The Morgan fingerprint density at radius 2 is 1.87 bits per heavy atom. The second kappa shape index (κ2) is 9.39. The van der Waals surface area contributed by atoms with Gasteiger partial charge in [0.15, 0.2) is 0 Å². The number of nitrogens with zero attached hydrogens (tertiary/aromatic N) is 3. The average Bonchev–Trinajstić information content (AvgIpc) is 2.78. The normalized spacial score (nSPS) is 15.3. The molecule has 0 amide bonds. The molecule has 1 saturated heterocycles. The molecule has 0 unspecified atom stereocenters. The number of hydrogen-bond donors (Lipinski definition) is 0. The van der Waals surface area contributed by atoms with Gasteiger partial charge in [-0.1, -0.05) is 0 Å². The molecule has 0 N–H and O–H groups in total. The van der Waals surface area contributed by atoms with Crippen LogP contribution in [0.15, 0.2) is 53.6 Å². The maximum atomic E-state index is 13.9. The minimum absolute atomic E-state index is 0.0703. The Bertz CT molecular complexity index is 1120. The molecule has 1 aliphatic heterocycles. The lowest BCUT2D eigenvalue weighted by molar-refractivity contribution is -0.149. The molecule has 0 aliphatic carbocycles. The molecule has 1 fully saturated rings. The van der Waals surface area contributed by atoms with E-state index in [1.165, 1.54) is 12.1 Å². The van der Waals surface area contributed by atoms with Crippen molar-refractivity contribution in [1.82, 2.24) is 14.5 Å². The summed E-state index contributed by atoms with van der Waals surface area (Å²) in [5, 5.41) is 0.825. The second-order valence-corrected chi connectivity index (χ2v) is 7.92. The molecule has 1 aromatic carbocycles. The largest absolute Gasteiger partial charge is 0.466 e. The highest BCUT2D eigenvalue weighted by Crippen LogP contribution is 2.22. The lowest BCUT2D eigenvalue weighted by Gasteiger charge is -2.30. The quantitative estimate of drug-likeness (QED) is 0.569. The molecular formula is C24H26FN3O3. The SMILES string of the molecule is CCOC(=O)C1CCN(Cc2cc3ccc(F)cc3n(Cc3ccncc3)c2=O)CC1. The van der Waals surface area contributed by atoms with Gasteiger partial charge in [-0.15, -0.1) is 0 Å². The molecule has 0 radical (unpaired) electrons. The summed E-state index contributed by atoms with van der Waals surface area (Å²) >= 11 is 0. The minimum atomic E-state index is -0.371. The van der Waals surface area contributed by atoms with E-state index in [2.05, 4.69) is 9.88 Å². The van der Waals surface area contributed by atoms with Gasteiger partial charge in [-0.05, 0) is 80.2 Å². The highest BCUT2D eigenvalue weighted by molar-refractivity contribution is 5.80. The number of benzene rings is 1. The first kappa shape index (κ1) is 21.2. The Morgan fingerprint density at radius 3 is 2.58 bits per heavy atom. The van der Waals surface area contributed by atoms with Crippen LogP contribution in [0.2, 0.25) is 0 Å². The maximum absolute atomic E-state index is 13.9. The Kier molecular flexibility index (Phi) is 6.42. The first-order valence-electron chi connectivity index (χ1n) is 10.6. The predicted octanol–water partition coefficient (Wildman–Crippen LogP) is 3.36. The zero-order valence-corrected chi connectivity index (χ0v) is 17.6. The van der Waals surface area contributed by atoms with Crippen LogP contribution in [0.3, 0.4) is 0 Å². The zero-order valence-electron chi connectivity index (χ0n) is 17.6. The lowest BCUT2D eigenvalue weighted by Crippen LogP contribution is -2.38. The summed E-state index contributed by atoms with van der Waals surface area (Å²) in [7, 11) is 0. The molecular weight excluding hydrogens is 397 g/mol. The van der Waals surface area contributed by atoms with E-state index in [1.54, 1.807) is 23.0 Å². The third-order valence-electron chi connectivity index (χ3n) is 5.82. The number of piperidine rings is 1. The van der Waals surface area contributed by atoms with Crippen LogP contribution in [0.25, 0.3) is 10.9 Å². The number of pyridine rings is 2. The molecule has 0 spiro atoms. The number of carbonyl (C=O) groups is 1. The van der Waals surface area contributed by atoms with Gasteiger partial charge in [0.25, 0.3) is 5.56 Å². The van der Waals surface area contributed by atoms with Gasteiger partial charge in [0.1, 0.15) is 5.82 Å². The molecule has 162 valence electrons. The van der Waals surface area contributed by atoms with E-state index in [4.69, 9.17) is 4.74 Å². The molecule has 3 aromatic rings. The van der Waals surface area contributed by atoms with E-state index in [-0.39, 0.29) is 23.3 Å². The van der Waals surface area contributed by atoms with Crippen LogP contribution in [0, 0.1) is 11.7 Å². The molecule has 0 bridgehead atoms. The van der Waals surface area contributed by atoms with Crippen molar-refractivity contribution in [1.29, 1.82) is 0 Å². The second-order valence-electron chi connectivity index (χ2n) is 7.92. The summed E-state index contributed by atoms with van der Waals surface area (Å²) in [6.45, 7) is 4.52. The topological polar surface area (TPSA) is 64.4 Å². The highest BCUT2D eigenvalue weighted by atomic mass is 19.1. The molecule has 0 saturated carbocycles. The molecule has 3 heterocycles. The van der Waals surface area contributed by atoms with Crippen LogP contribution < -0.4 is 5.56 Å². The number of likely N-dealkylation sites (tertiary alicyclic amines) is 1. The first-order valence-corrected chi connectivity index (χ1v) is 10.6. The molecule has 0 atom stereocenters. The van der Waals surface area contributed by atoms with Crippen LogP contribution in [-0.2, 0) is 22.6 Å². The van der Waals surface area contributed by atoms with Crippen molar-refractivity contribution in [2.24, 2.45) is 5.92 Å². The molecule has 6 nitrogen and oxygen atoms in total. The number of halogens is 1. The van der Waals surface area contributed by atoms with Gasteiger partial charge < -0.3 is 9.30 Å². The number of hydrogen-bond acceptors (Lipinski definition) is 5. The van der Waals surface area contributed by atoms with Gasteiger partial charge >= 0.3 is 5.97 Å². The number of ether oxygens (including phenoxy) is 1. The monoisotopic (exact) mass is 423 g/mol. The summed E-state index contributed by atoms with van der Waals surface area (Å²) in [4.78, 5) is 31.6. The molecule has 7 heteroatoms. The Morgan fingerprint density at radius 1 is 1.13 bits per heavy atom. The van der Waals surface area contributed by atoms with Crippen molar-refractivity contribution >= 4 is 16.9 Å². The van der Waals surface area contributed by atoms with Crippen LogP contribution in [0.1, 0.15) is 30.9 Å². The van der Waals surface area contributed by atoms with E-state index in [0.717, 1.165) is 36.9 Å². The predicted molar refractivity (Wildman–Crippen MR) is 116 cm³/mol. The Labute approximate surface area is 180 Å². The van der Waals surface area contributed by atoms with E-state index in [0.29, 0.717) is 30.8 Å². The van der Waals surface area contributed by atoms with E-state index >= 15 is 0 Å². The van der Waals surface area contributed by atoms with Crippen molar-refractivity contribution in [3.63, 3.8) is 0 Å². The maximum Gasteiger partial charge on any atom is 0.309 e. The summed E-state index contributed by atoms with van der Waals surface area (Å²) < 4.78 is 20.7. The van der Waals surface area contributed by atoms with Gasteiger partial charge in [-0.3, -0.25) is 19.5 Å². The highest BCUT2D eigenvalue weighted by Gasteiger charge is 2.26. The summed E-state index contributed by atoms with van der Waals surface area (Å²) in [5.41, 5.74) is 2.05. The van der Waals surface area contributed by atoms with Gasteiger partial charge in [0.2, 0.25) is 0 Å². The minimum Gasteiger partial charge on any atom is -0.466 e. The van der Waals surface area contributed by atoms with Crippen LogP contribution >= 0.6 is 0 Å². The molecule has 2 aromatic heterocycles. The molecule has 1 aliphatic rings. The Hall–Kier alpha value is -3.06. The van der Waals surface area contributed by atoms with Crippen molar-refractivity contribution in [3.05, 3.63) is 76.1 Å². The van der Waals surface area contributed by atoms with E-state index < -0.39 is 0 Å². The number of aromatic nitrogens is 2. The summed E-state index contributed by atoms with van der Waals surface area (Å²) in [6, 6.07) is 10.1. The molecule has 31 heavy (non-hydrogen) atoms. The average molecular weight is 423 g/mol. The van der Waals surface area contributed by atoms with Gasteiger partial charge in [0.05, 0.1) is 24.6 Å². The van der Waals surface area contributed by atoms with Gasteiger partial charge in [-0.25, -0.2) is 4.39 Å². The van der Waals surface area contributed by atoms with Crippen molar-refractivity contribution < 1.29 is 13.9 Å². The number of carbonyl (C=O) groups excluding carboxylic acids is 1. The van der Waals surface area contributed by atoms with E-state index in [1.807, 2.05) is 25.1 Å². The number of rotatable bonds is 6. The summed E-state index contributed by atoms with van der Waals surface area (Å²) in [6.07, 6.45) is 4.81. The van der Waals surface area contributed by atoms with Crippen LogP contribution in [0.5, 0.6) is 0 Å². The lowest BCUT2D eigenvalue weighted by atomic mass is 9.96. The van der Waals surface area contributed by atoms with Crippen LogP contribution in [0.4, 0.5) is 4.39 Å². The van der Waals surface area contributed by atoms with Crippen molar-refractivity contribution in [3.8, 4) is 0 Å².